The molecule has 232 valence electrons. The molecule has 38 heavy (non-hydrogen) atoms. The third-order valence-electron chi connectivity index (χ3n) is 8.94. The Morgan fingerprint density at radius 1 is 0.237 bits per heavy atom. The monoisotopic (exact) mass is 666 g/mol. The topological polar surface area (TPSA) is 0 Å². The summed E-state index contributed by atoms with van der Waals surface area (Å²) in [6.45, 7) is 9.42. The largest absolute Gasteiger partial charge is 1.00 e. The van der Waals surface area contributed by atoms with Gasteiger partial charge in [0.2, 0.25) is 0 Å². The van der Waals surface area contributed by atoms with Crippen LogP contribution in [0.4, 0.5) is 0 Å². The SMILES string of the molecule is CCCCCCCCCCCCCCCCCC[P+](CCCCCC)(CCCCCC)CCCCCC.[I-]. The van der Waals surface area contributed by atoms with Gasteiger partial charge in [0.05, 0.1) is 24.6 Å². The van der Waals surface area contributed by atoms with Crippen LogP contribution in [0.2, 0.25) is 0 Å². The van der Waals surface area contributed by atoms with Crippen LogP contribution in [0.25, 0.3) is 0 Å². The van der Waals surface area contributed by atoms with Crippen LogP contribution >= 0.6 is 7.26 Å². The van der Waals surface area contributed by atoms with Gasteiger partial charge >= 0.3 is 0 Å². The molecule has 0 aromatic heterocycles. The second-order valence-electron chi connectivity index (χ2n) is 12.7. The molecule has 0 nitrogen and oxygen atoms in total. The summed E-state index contributed by atoms with van der Waals surface area (Å²) >= 11 is 0. The van der Waals surface area contributed by atoms with Gasteiger partial charge < -0.3 is 24.0 Å². The standard InChI is InChI=1S/C36H76P.HI/c1-5-9-13-17-18-19-20-21-22-23-24-25-26-27-28-32-36-37(33-29-14-10-6-2,34-30-15-11-7-3)35-31-16-12-8-4;/h5-36H2,1-4H3;1H/q+1;/p-1. The van der Waals surface area contributed by atoms with Gasteiger partial charge in [0.15, 0.2) is 0 Å². The molecule has 2 heteroatoms. The van der Waals surface area contributed by atoms with Crippen LogP contribution < -0.4 is 24.0 Å². The predicted molar refractivity (Wildman–Crippen MR) is 178 cm³/mol. The van der Waals surface area contributed by atoms with Gasteiger partial charge in [-0.25, -0.2) is 0 Å². The van der Waals surface area contributed by atoms with Crippen molar-refractivity contribution in [2.75, 3.05) is 24.6 Å². The lowest BCUT2D eigenvalue weighted by Gasteiger charge is -2.28. The van der Waals surface area contributed by atoms with Crippen molar-refractivity contribution in [2.24, 2.45) is 0 Å². The van der Waals surface area contributed by atoms with Gasteiger partial charge in [-0.05, 0) is 51.4 Å². The molecule has 0 radical (unpaired) electrons. The quantitative estimate of drug-likeness (QED) is 0.0381. The fourth-order valence-corrected chi connectivity index (χ4v) is 11.2. The fraction of sp³-hybridized carbons (Fsp3) is 1.00. The smallest absolute Gasteiger partial charge is 0.0594 e. The van der Waals surface area contributed by atoms with Gasteiger partial charge in [-0.15, -0.1) is 0 Å². The zero-order valence-electron chi connectivity index (χ0n) is 27.5. The third kappa shape index (κ3) is 28.7. The van der Waals surface area contributed by atoms with Gasteiger partial charge in [0.1, 0.15) is 0 Å². The Kier molecular flexibility index (Phi) is 37.3. The van der Waals surface area contributed by atoms with E-state index in [1.165, 1.54) is 154 Å². The van der Waals surface area contributed by atoms with E-state index in [0.717, 1.165) is 0 Å². The zero-order chi connectivity index (χ0) is 27.1. The molecule has 0 aliphatic carbocycles. The van der Waals surface area contributed by atoms with Gasteiger partial charge in [-0.1, -0.05) is 156 Å². The van der Waals surface area contributed by atoms with Crippen molar-refractivity contribution >= 4 is 7.26 Å². The maximum atomic E-state index is 2.37. The molecule has 0 atom stereocenters. The van der Waals surface area contributed by atoms with Gasteiger partial charge in [-0.2, -0.15) is 0 Å². The third-order valence-corrected chi connectivity index (χ3v) is 14.0. The molecule has 0 amide bonds. The Bertz CT molecular complexity index is 379. The minimum Gasteiger partial charge on any atom is -1.00 e. The molecule has 0 N–H and O–H groups in total. The molecule has 0 heterocycles. The Morgan fingerprint density at radius 3 is 0.605 bits per heavy atom. The molecular formula is C36H76IP. The van der Waals surface area contributed by atoms with Crippen LogP contribution in [0, 0.1) is 0 Å². The van der Waals surface area contributed by atoms with Crippen molar-refractivity contribution in [2.45, 2.75) is 207 Å². The first-order valence-corrected chi connectivity index (χ1v) is 20.6. The van der Waals surface area contributed by atoms with Gasteiger partial charge in [0.25, 0.3) is 0 Å². The molecule has 0 bridgehead atoms. The Balaban J connectivity index is 0. The summed E-state index contributed by atoms with van der Waals surface area (Å²) in [6.07, 6.45) is 48.1. The first-order valence-electron chi connectivity index (χ1n) is 18.1. The van der Waals surface area contributed by atoms with Crippen LogP contribution in [0.5, 0.6) is 0 Å². The summed E-state index contributed by atoms with van der Waals surface area (Å²) in [5.41, 5.74) is 0. The van der Waals surface area contributed by atoms with Crippen molar-refractivity contribution in [3.63, 3.8) is 0 Å². The molecule has 0 aliphatic rings. The summed E-state index contributed by atoms with van der Waals surface area (Å²) < 4.78 is 0. The second kappa shape index (κ2) is 34.4. The highest BCUT2D eigenvalue weighted by Crippen LogP contribution is 2.61. The normalized spacial score (nSPS) is 11.7. The number of rotatable bonds is 32. The highest BCUT2D eigenvalue weighted by atomic mass is 127. The fourth-order valence-electron chi connectivity index (χ4n) is 6.29. The van der Waals surface area contributed by atoms with Crippen LogP contribution in [-0.4, -0.2) is 24.6 Å². The Hall–Kier alpha value is 1.16. The Labute approximate surface area is 262 Å². The van der Waals surface area contributed by atoms with E-state index >= 15 is 0 Å². The van der Waals surface area contributed by atoms with E-state index < -0.39 is 7.26 Å². The minimum atomic E-state index is -0.705. The van der Waals surface area contributed by atoms with Gasteiger partial charge in [0, 0.05) is 7.26 Å². The highest BCUT2D eigenvalue weighted by Gasteiger charge is 2.34. The van der Waals surface area contributed by atoms with E-state index in [1.807, 2.05) is 0 Å². The summed E-state index contributed by atoms with van der Waals surface area (Å²) in [5.74, 6) is 0. The lowest BCUT2D eigenvalue weighted by atomic mass is 10.0. The number of halogens is 1. The van der Waals surface area contributed by atoms with Crippen LogP contribution in [0.3, 0.4) is 0 Å². The molecule has 0 aromatic carbocycles. The number of hydrogen-bond donors (Lipinski definition) is 0. The summed E-state index contributed by atoms with van der Waals surface area (Å²) in [7, 11) is -0.705. The van der Waals surface area contributed by atoms with E-state index in [1.54, 1.807) is 50.3 Å². The molecule has 0 fully saturated rings. The number of hydrogen-bond acceptors (Lipinski definition) is 0. The van der Waals surface area contributed by atoms with E-state index in [4.69, 9.17) is 0 Å². The molecular weight excluding hydrogens is 590 g/mol. The van der Waals surface area contributed by atoms with Crippen molar-refractivity contribution in [3.05, 3.63) is 0 Å². The highest BCUT2D eigenvalue weighted by molar-refractivity contribution is 7.75. The first kappa shape index (κ1) is 41.3. The van der Waals surface area contributed by atoms with Crippen molar-refractivity contribution < 1.29 is 24.0 Å². The molecule has 0 rings (SSSR count). The predicted octanol–water partition coefficient (Wildman–Crippen LogP) is 11.0. The lowest BCUT2D eigenvalue weighted by molar-refractivity contribution is -0.00000842. The maximum Gasteiger partial charge on any atom is 0.0594 e. The van der Waals surface area contributed by atoms with E-state index in [0.29, 0.717) is 0 Å². The number of unbranched alkanes of at least 4 members (excludes halogenated alkanes) is 24. The van der Waals surface area contributed by atoms with E-state index in [-0.39, 0.29) is 24.0 Å². The molecule has 0 unspecified atom stereocenters. The van der Waals surface area contributed by atoms with Crippen molar-refractivity contribution in [1.29, 1.82) is 0 Å². The first-order chi connectivity index (χ1) is 18.2. The lowest BCUT2D eigenvalue weighted by Crippen LogP contribution is -3.00. The Morgan fingerprint density at radius 2 is 0.395 bits per heavy atom. The second-order valence-corrected chi connectivity index (χ2v) is 17.2. The average molecular weight is 667 g/mol. The molecule has 0 aromatic rings. The minimum absolute atomic E-state index is 0. The molecule has 0 spiro atoms. The summed E-state index contributed by atoms with van der Waals surface area (Å²) in [5, 5.41) is 0. The van der Waals surface area contributed by atoms with E-state index in [9.17, 15) is 0 Å². The molecule has 0 aliphatic heterocycles. The van der Waals surface area contributed by atoms with Crippen LogP contribution in [-0.2, 0) is 0 Å². The average Bonchev–Trinajstić information content (AvgIpc) is 2.91. The molecule has 0 saturated carbocycles. The zero-order valence-corrected chi connectivity index (χ0v) is 30.5. The molecule has 0 saturated heterocycles. The van der Waals surface area contributed by atoms with Crippen LogP contribution in [0.1, 0.15) is 207 Å². The van der Waals surface area contributed by atoms with Crippen molar-refractivity contribution in [3.8, 4) is 0 Å². The summed E-state index contributed by atoms with van der Waals surface area (Å²) in [4.78, 5) is 0. The van der Waals surface area contributed by atoms with E-state index in [2.05, 4.69) is 27.7 Å². The maximum absolute atomic E-state index is 2.37. The van der Waals surface area contributed by atoms with Gasteiger partial charge in [-0.3, -0.25) is 0 Å². The van der Waals surface area contributed by atoms with Crippen molar-refractivity contribution in [1.82, 2.24) is 0 Å². The summed E-state index contributed by atoms with van der Waals surface area (Å²) in [6, 6.07) is 0. The van der Waals surface area contributed by atoms with Crippen LogP contribution in [0.15, 0.2) is 0 Å².